The summed E-state index contributed by atoms with van der Waals surface area (Å²) in [5, 5.41) is 25.2. The summed E-state index contributed by atoms with van der Waals surface area (Å²) in [6.07, 6.45) is 1.53. The lowest BCUT2D eigenvalue weighted by Crippen LogP contribution is -2.48. The molecule has 0 aliphatic carbocycles. The van der Waals surface area contributed by atoms with Crippen LogP contribution in [-0.2, 0) is 11.2 Å². The molecule has 0 fully saturated rings. The number of nitrogens with zero attached hydrogens (tertiary/aromatic N) is 2. The van der Waals surface area contributed by atoms with Gasteiger partial charge in [-0.25, -0.2) is 9.59 Å². The zero-order valence-corrected chi connectivity index (χ0v) is 8.79. The maximum absolute atomic E-state index is 11.2. The Morgan fingerprint density at radius 2 is 2.29 bits per heavy atom. The molecule has 94 valence electrons. The Bertz CT molecular complexity index is 366. The van der Waals surface area contributed by atoms with Crippen LogP contribution < -0.4 is 10.6 Å². The zero-order valence-electron chi connectivity index (χ0n) is 8.79. The van der Waals surface area contributed by atoms with Gasteiger partial charge in [0, 0.05) is 13.0 Å². The molecule has 1 heterocycles. The van der Waals surface area contributed by atoms with Crippen molar-refractivity contribution < 1.29 is 24.3 Å². The number of urea groups is 1. The summed E-state index contributed by atoms with van der Waals surface area (Å²) in [6, 6.07) is -2.00. The molecule has 1 aromatic heterocycles. The van der Waals surface area contributed by atoms with Crippen LogP contribution in [0.2, 0.25) is 0 Å². The topological polar surface area (TPSA) is 138 Å². The van der Waals surface area contributed by atoms with Crippen LogP contribution in [0.4, 0.5) is 4.79 Å². The number of aliphatic carboxylic acids is 1. The van der Waals surface area contributed by atoms with Crippen molar-refractivity contribution in [3.8, 4) is 0 Å². The highest BCUT2D eigenvalue weighted by atomic mass is 16.5. The molecule has 0 saturated carbocycles. The average Bonchev–Trinajstić information content (AvgIpc) is 2.78. The third-order valence-electron chi connectivity index (χ3n) is 1.83. The Morgan fingerprint density at radius 3 is 2.82 bits per heavy atom. The van der Waals surface area contributed by atoms with Gasteiger partial charge in [0.1, 0.15) is 0 Å². The highest BCUT2D eigenvalue weighted by Gasteiger charge is 2.18. The van der Waals surface area contributed by atoms with Crippen molar-refractivity contribution in [2.24, 2.45) is 0 Å². The molecule has 1 aromatic rings. The van der Waals surface area contributed by atoms with Gasteiger partial charge in [-0.15, -0.1) is 0 Å². The second-order valence-electron chi connectivity index (χ2n) is 3.07. The third-order valence-corrected chi connectivity index (χ3v) is 1.83. The number of carboxylic acid groups (broad SMARTS) is 1. The van der Waals surface area contributed by atoms with Crippen LogP contribution in [-0.4, -0.2) is 51.5 Å². The first kappa shape index (κ1) is 12.9. The van der Waals surface area contributed by atoms with E-state index >= 15 is 0 Å². The van der Waals surface area contributed by atoms with Crippen molar-refractivity contribution in [3.05, 3.63) is 12.2 Å². The van der Waals surface area contributed by atoms with Gasteiger partial charge < -0.3 is 25.4 Å². The van der Waals surface area contributed by atoms with Crippen molar-refractivity contribution in [2.45, 2.75) is 12.5 Å². The molecule has 17 heavy (non-hydrogen) atoms. The number of aliphatic hydroxyl groups excluding tert-OH is 1. The highest BCUT2D eigenvalue weighted by molar-refractivity contribution is 5.82. The van der Waals surface area contributed by atoms with E-state index in [0.29, 0.717) is 12.2 Å². The minimum Gasteiger partial charge on any atom is -0.480 e. The van der Waals surface area contributed by atoms with Crippen LogP contribution in [0.3, 0.4) is 0 Å². The third kappa shape index (κ3) is 4.47. The van der Waals surface area contributed by atoms with Gasteiger partial charge in [0.05, 0.1) is 6.61 Å². The van der Waals surface area contributed by atoms with Gasteiger partial charge in [-0.05, 0) is 0 Å². The molecule has 0 aliphatic rings. The Labute approximate surface area is 95.8 Å². The lowest BCUT2D eigenvalue weighted by molar-refractivity contribution is -0.140. The number of aromatic nitrogens is 2. The molecule has 0 aliphatic heterocycles. The van der Waals surface area contributed by atoms with Gasteiger partial charge in [-0.3, -0.25) is 0 Å². The van der Waals surface area contributed by atoms with E-state index in [0.717, 1.165) is 0 Å². The van der Waals surface area contributed by atoms with Crippen molar-refractivity contribution in [3.63, 3.8) is 0 Å². The summed E-state index contributed by atoms with van der Waals surface area (Å²) in [6.45, 7) is -0.448. The molecular weight excluding hydrogens is 232 g/mol. The summed E-state index contributed by atoms with van der Waals surface area (Å²) >= 11 is 0. The van der Waals surface area contributed by atoms with Crippen LogP contribution in [0.15, 0.2) is 10.9 Å². The van der Waals surface area contributed by atoms with E-state index < -0.39 is 24.6 Å². The highest BCUT2D eigenvalue weighted by Crippen LogP contribution is 1.88. The number of hydrogen-bond acceptors (Lipinski definition) is 6. The monoisotopic (exact) mass is 244 g/mol. The van der Waals surface area contributed by atoms with Gasteiger partial charge >= 0.3 is 12.0 Å². The average molecular weight is 244 g/mol. The van der Waals surface area contributed by atoms with Gasteiger partial charge in [0.25, 0.3) is 0 Å². The molecule has 4 N–H and O–H groups in total. The van der Waals surface area contributed by atoms with E-state index in [1.165, 1.54) is 6.39 Å². The maximum Gasteiger partial charge on any atom is 0.328 e. The van der Waals surface area contributed by atoms with Gasteiger partial charge in [-0.2, -0.15) is 4.98 Å². The summed E-state index contributed by atoms with van der Waals surface area (Å²) in [5.74, 6) is -0.872. The van der Waals surface area contributed by atoms with Crippen LogP contribution in [0.5, 0.6) is 0 Å². The van der Waals surface area contributed by atoms with Crippen molar-refractivity contribution in [1.29, 1.82) is 0 Å². The Hall–Kier alpha value is -2.16. The lowest BCUT2D eigenvalue weighted by Gasteiger charge is -2.11. The number of rotatable bonds is 6. The normalized spacial score (nSPS) is 11.8. The SMILES string of the molecule is O=C(NCCc1ncon1)N[C@H](CO)C(=O)O. The molecule has 1 rings (SSSR count). The number of carbonyl (C=O) groups is 2. The Kier molecular flexibility index (Phi) is 4.88. The molecule has 9 heteroatoms. The predicted molar refractivity (Wildman–Crippen MR) is 53.0 cm³/mol. The first-order valence-electron chi connectivity index (χ1n) is 4.76. The fourth-order valence-corrected chi connectivity index (χ4v) is 0.985. The molecule has 0 spiro atoms. The summed E-state index contributed by atoms with van der Waals surface area (Å²) in [7, 11) is 0. The summed E-state index contributed by atoms with van der Waals surface area (Å²) in [5.41, 5.74) is 0. The van der Waals surface area contributed by atoms with Crippen LogP contribution in [0.1, 0.15) is 5.82 Å². The molecule has 0 saturated heterocycles. The molecule has 2 amide bonds. The Balaban J connectivity index is 2.23. The van der Waals surface area contributed by atoms with Crippen molar-refractivity contribution >= 4 is 12.0 Å². The number of carboxylic acids is 1. The second kappa shape index (κ2) is 6.43. The van der Waals surface area contributed by atoms with E-state index in [-0.39, 0.29) is 6.54 Å². The standard InChI is InChI=1S/C8H12N4O5/c13-3-5(7(14)15)11-8(16)9-2-1-6-10-4-17-12-6/h4-5,13H,1-3H2,(H,14,15)(H2,9,11,16)/t5-/m1/s1. The van der Waals surface area contributed by atoms with Crippen molar-refractivity contribution in [2.75, 3.05) is 13.2 Å². The number of aliphatic hydroxyl groups is 1. The molecule has 0 unspecified atom stereocenters. The molecule has 0 aromatic carbocycles. The first-order valence-corrected chi connectivity index (χ1v) is 4.76. The van der Waals surface area contributed by atoms with Gasteiger partial charge in [0.2, 0.25) is 6.39 Å². The van der Waals surface area contributed by atoms with Crippen molar-refractivity contribution in [1.82, 2.24) is 20.8 Å². The largest absolute Gasteiger partial charge is 0.480 e. The van der Waals surface area contributed by atoms with Crippen LogP contribution >= 0.6 is 0 Å². The first-order chi connectivity index (χ1) is 8.13. The summed E-state index contributed by atoms with van der Waals surface area (Å²) < 4.78 is 4.49. The van der Waals surface area contributed by atoms with Crippen LogP contribution in [0.25, 0.3) is 0 Å². The predicted octanol–water partition coefficient (Wildman–Crippen LogP) is -1.64. The van der Waals surface area contributed by atoms with E-state index in [4.69, 9.17) is 10.2 Å². The molecule has 1 atom stereocenters. The zero-order chi connectivity index (χ0) is 12.7. The molecule has 0 radical (unpaired) electrons. The quantitative estimate of drug-likeness (QED) is 0.470. The maximum atomic E-state index is 11.2. The fourth-order valence-electron chi connectivity index (χ4n) is 0.985. The van der Waals surface area contributed by atoms with Gasteiger partial charge in [0.15, 0.2) is 11.9 Å². The van der Waals surface area contributed by atoms with Crippen LogP contribution in [0, 0.1) is 0 Å². The van der Waals surface area contributed by atoms with E-state index in [2.05, 4.69) is 25.3 Å². The summed E-state index contributed by atoms with van der Waals surface area (Å²) in [4.78, 5) is 25.4. The number of hydrogen-bond donors (Lipinski definition) is 4. The second-order valence-corrected chi connectivity index (χ2v) is 3.07. The number of carbonyl (C=O) groups excluding carboxylic acids is 1. The minimum absolute atomic E-state index is 0.225. The van der Waals surface area contributed by atoms with Gasteiger partial charge in [-0.1, -0.05) is 5.16 Å². The number of nitrogens with one attached hydrogen (secondary N) is 2. The van der Waals surface area contributed by atoms with E-state index in [1.807, 2.05) is 0 Å². The Morgan fingerprint density at radius 1 is 1.53 bits per heavy atom. The molecular formula is C8H12N4O5. The fraction of sp³-hybridized carbons (Fsp3) is 0.500. The molecule has 0 bridgehead atoms. The minimum atomic E-state index is -1.32. The molecule has 9 nitrogen and oxygen atoms in total. The van der Waals surface area contributed by atoms with E-state index in [1.54, 1.807) is 0 Å². The van der Waals surface area contributed by atoms with E-state index in [9.17, 15) is 9.59 Å². The lowest BCUT2D eigenvalue weighted by atomic mass is 10.3. The smallest absolute Gasteiger partial charge is 0.328 e. The number of amides is 2.